The summed E-state index contributed by atoms with van der Waals surface area (Å²) in [6.45, 7) is 4.06. The van der Waals surface area contributed by atoms with E-state index in [0.29, 0.717) is 27.9 Å². The van der Waals surface area contributed by atoms with E-state index in [4.69, 9.17) is 10.7 Å². The summed E-state index contributed by atoms with van der Waals surface area (Å²) in [6, 6.07) is 13.3. The van der Waals surface area contributed by atoms with Gasteiger partial charge < -0.3 is 5.73 Å². The van der Waals surface area contributed by atoms with Crippen molar-refractivity contribution in [1.29, 1.82) is 0 Å². The molecule has 30 heavy (non-hydrogen) atoms. The number of aromatic nitrogens is 7. The Morgan fingerprint density at radius 2 is 1.80 bits per heavy atom. The highest BCUT2D eigenvalue weighted by atomic mass is 16.1. The molecular weight excluding hydrogens is 380 g/mol. The molecule has 0 fully saturated rings. The van der Waals surface area contributed by atoms with Crippen LogP contribution in [0.25, 0.3) is 27.8 Å². The van der Waals surface area contributed by atoms with E-state index in [0.717, 1.165) is 16.8 Å². The molecule has 2 aromatic carbocycles. The van der Waals surface area contributed by atoms with E-state index in [1.165, 1.54) is 6.33 Å². The molecule has 0 aliphatic carbocycles. The fourth-order valence-corrected chi connectivity index (χ4v) is 3.70. The highest BCUT2D eigenvalue weighted by molar-refractivity contribution is 5.82. The second-order valence-electron chi connectivity index (χ2n) is 7.10. The van der Waals surface area contributed by atoms with Crippen LogP contribution in [0.15, 0.2) is 53.6 Å². The molecule has 0 spiro atoms. The number of benzene rings is 2. The molecule has 5 aromatic rings. The first-order valence-corrected chi connectivity index (χ1v) is 9.41. The van der Waals surface area contributed by atoms with Gasteiger partial charge in [-0.05, 0) is 37.1 Å². The molecule has 0 saturated heterocycles. The molecule has 0 amide bonds. The lowest BCUT2D eigenvalue weighted by atomic mass is 10.1. The number of hydrogen-bond acceptors (Lipinski definition) is 7. The quantitative estimate of drug-likeness (QED) is 0.495. The average Bonchev–Trinajstić information content (AvgIpc) is 3.13. The van der Waals surface area contributed by atoms with Crippen molar-refractivity contribution in [2.24, 2.45) is 0 Å². The van der Waals surface area contributed by atoms with E-state index < -0.39 is 0 Å². The van der Waals surface area contributed by atoms with Crippen molar-refractivity contribution >= 4 is 27.9 Å². The average molecular weight is 398 g/mol. The summed E-state index contributed by atoms with van der Waals surface area (Å²) in [5, 5.41) is 8.82. The van der Waals surface area contributed by atoms with Crippen LogP contribution in [0.1, 0.15) is 17.0 Å². The van der Waals surface area contributed by atoms with Crippen molar-refractivity contribution in [2.45, 2.75) is 20.4 Å². The van der Waals surface area contributed by atoms with Crippen LogP contribution < -0.4 is 11.3 Å². The molecule has 0 radical (unpaired) electrons. The zero-order chi connectivity index (χ0) is 20.8. The molecule has 0 atom stereocenters. The Morgan fingerprint density at radius 3 is 2.63 bits per heavy atom. The van der Waals surface area contributed by atoms with Crippen LogP contribution in [-0.2, 0) is 6.54 Å². The predicted octanol–water partition coefficient (Wildman–Crippen LogP) is 2.17. The summed E-state index contributed by atoms with van der Waals surface area (Å²) in [5.74, 6) is 0.786. The number of rotatable bonds is 3. The lowest BCUT2D eigenvalue weighted by molar-refractivity contribution is 0.626. The number of anilines is 1. The third kappa shape index (κ3) is 2.71. The first kappa shape index (κ1) is 17.9. The Balaban J connectivity index is 1.82. The Morgan fingerprint density at radius 1 is 1.00 bits per heavy atom. The second-order valence-corrected chi connectivity index (χ2v) is 7.10. The molecule has 0 aliphatic rings. The van der Waals surface area contributed by atoms with Crippen molar-refractivity contribution in [3.05, 3.63) is 76.1 Å². The largest absolute Gasteiger partial charge is 0.382 e. The molecule has 3 aromatic heterocycles. The van der Waals surface area contributed by atoms with Gasteiger partial charge in [0, 0.05) is 0 Å². The minimum absolute atomic E-state index is 0.129. The maximum atomic E-state index is 13.6. The first-order chi connectivity index (χ1) is 14.5. The normalized spacial score (nSPS) is 11.4. The summed E-state index contributed by atoms with van der Waals surface area (Å²) in [4.78, 5) is 26.6. The van der Waals surface area contributed by atoms with Crippen LogP contribution in [0.2, 0.25) is 0 Å². The molecule has 2 N–H and O–H groups in total. The molecule has 9 nitrogen and oxygen atoms in total. The summed E-state index contributed by atoms with van der Waals surface area (Å²) < 4.78 is 3.21. The number of nitrogens with two attached hydrogens (primary N) is 1. The summed E-state index contributed by atoms with van der Waals surface area (Å²) >= 11 is 0. The van der Waals surface area contributed by atoms with Gasteiger partial charge in [0.2, 0.25) is 5.65 Å². The maximum absolute atomic E-state index is 13.6. The summed E-state index contributed by atoms with van der Waals surface area (Å²) in [6.07, 6.45) is 1.34. The van der Waals surface area contributed by atoms with Gasteiger partial charge >= 0.3 is 0 Å². The van der Waals surface area contributed by atoms with Gasteiger partial charge in [0.25, 0.3) is 5.56 Å². The van der Waals surface area contributed by atoms with Crippen LogP contribution in [0, 0.1) is 13.8 Å². The van der Waals surface area contributed by atoms with Gasteiger partial charge in [-0.1, -0.05) is 35.5 Å². The van der Waals surface area contributed by atoms with Crippen LogP contribution in [0.5, 0.6) is 0 Å². The van der Waals surface area contributed by atoms with Gasteiger partial charge in [0.05, 0.1) is 16.6 Å². The molecule has 5 rings (SSSR count). The monoisotopic (exact) mass is 398 g/mol. The van der Waals surface area contributed by atoms with Gasteiger partial charge in [-0.2, -0.15) is 0 Å². The fraction of sp³-hybridized carbons (Fsp3) is 0.143. The molecule has 0 unspecified atom stereocenters. The van der Waals surface area contributed by atoms with Gasteiger partial charge in [-0.3, -0.25) is 9.36 Å². The predicted molar refractivity (Wildman–Crippen MR) is 113 cm³/mol. The lowest BCUT2D eigenvalue weighted by Crippen LogP contribution is -2.26. The van der Waals surface area contributed by atoms with Crippen LogP contribution in [-0.4, -0.2) is 34.5 Å². The first-order valence-electron chi connectivity index (χ1n) is 9.41. The molecule has 0 saturated carbocycles. The van der Waals surface area contributed by atoms with E-state index in [-0.39, 0.29) is 17.9 Å². The molecule has 148 valence electrons. The third-order valence-corrected chi connectivity index (χ3v) is 5.16. The van der Waals surface area contributed by atoms with Crippen LogP contribution in [0.3, 0.4) is 0 Å². The molecule has 3 heterocycles. The van der Waals surface area contributed by atoms with Crippen molar-refractivity contribution in [2.75, 3.05) is 5.73 Å². The number of nitrogen functional groups attached to an aromatic ring is 1. The maximum Gasteiger partial charge on any atom is 0.266 e. The molecule has 9 heteroatoms. The molecule has 0 aliphatic heterocycles. The smallest absolute Gasteiger partial charge is 0.266 e. The molecular formula is C21H18N8O. The van der Waals surface area contributed by atoms with Crippen molar-refractivity contribution in [3.63, 3.8) is 0 Å². The number of fused-ring (bicyclic) bond motifs is 2. The van der Waals surface area contributed by atoms with E-state index in [2.05, 4.69) is 20.3 Å². The number of hydrogen-bond donors (Lipinski definition) is 1. The summed E-state index contributed by atoms with van der Waals surface area (Å²) in [5.41, 5.74) is 10.0. The van der Waals surface area contributed by atoms with E-state index in [1.54, 1.807) is 9.25 Å². The number of nitrogens with zero attached hydrogens (tertiary/aromatic N) is 7. The van der Waals surface area contributed by atoms with Gasteiger partial charge in [-0.25, -0.2) is 19.6 Å². The minimum atomic E-state index is -0.129. The highest BCUT2D eigenvalue weighted by Crippen LogP contribution is 2.20. The number of para-hydroxylation sites is 1. The van der Waals surface area contributed by atoms with Gasteiger partial charge in [-0.15, -0.1) is 5.10 Å². The Kier molecular flexibility index (Phi) is 4.02. The number of aryl methyl sites for hydroxylation is 2. The van der Waals surface area contributed by atoms with Crippen molar-refractivity contribution in [3.8, 4) is 5.69 Å². The van der Waals surface area contributed by atoms with E-state index in [1.807, 2.05) is 56.3 Å². The van der Waals surface area contributed by atoms with Crippen LogP contribution >= 0.6 is 0 Å². The Hall–Kier alpha value is -4.14. The second kappa shape index (κ2) is 6.73. The van der Waals surface area contributed by atoms with Gasteiger partial charge in [0.1, 0.15) is 18.7 Å². The Bertz CT molecular complexity index is 1480. The third-order valence-electron chi connectivity index (χ3n) is 5.16. The highest BCUT2D eigenvalue weighted by Gasteiger charge is 2.18. The van der Waals surface area contributed by atoms with Crippen molar-refractivity contribution in [1.82, 2.24) is 34.5 Å². The summed E-state index contributed by atoms with van der Waals surface area (Å²) in [7, 11) is 0. The SMILES string of the molecule is Cc1ccccc1-n1c(Cn2nnc3ncnc(N)c32)nc2cccc(C)c2c1=O. The zero-order valence-electron chi connectivity index (χ0n) is 16.4. The Labute approximate surface area is 170 Å². The van der Waals surface area contributed by atoms with E-state index in [9.17, 15) is 4.79 Å². The van der Waals surface area contributed by atoms with Crippen molar-refractivity contribution < 1.29 is 0 Å². The van der Waals surface area contributed by atoms with E-state index >= 15 is 0 Å². The van der Waals surface area contributed by atoms with Crippen LogP contribution in [0.4, 0.5) is 5.82 Å². The van der Waals surface area contributed by atoms with Gasteiger partial charge in [0.15, 0.2) is 11.3 Å². The zero-order valence-corrected chi connectivity index (χ0v) is 16.4. The lowest BCUT2D eigenvalue weighted by Gasteiger charge is -2.16. The molecule has 0 bridgehead atoms. The topological polar surface area (TPSA) is 117 Å². The minimum Gasteiger partial charge on any atom is -0.382 e. The fourth-order valence-electron chi connectivity index (χ4n) is 3.70. The standard InChI is InChI=1S/C21H18N8O/c1-12-6-3-4-9-15(12)29-16(25-14-8-5-7-13(2)17(14)21(29)30)10-28-18-19(22)23-11-24-20(18)26-27-28/h3-9,11H,10H2,1-2H3,(H2,22,23,24).